The van der Waals surface area contributed by atoms with E-state index in [1.807, 2.05) is 19.9 Å². The van der Waals surface area contributed by atoms with Crippen LogP contribution in [0.5, 0.6) is 0 Å². The lowest BCUT2D eigenvalue weighted by atomic mass is 10.4. The van der Waals surface area contributed by atoms with Crippen LogP contribution >= 0.6 is 0 Å². The monoisotopic (exact) mass is 158 g/mol. The topological polar surface area (TPSA) is 29.3 Å². The predicted octanol–water partition coefficient (Wildman–Crippen LogP) is 1.48. The highest BCUT2D eigenvalue weighted by atomic mass is 15.1. The molecule has 0 fully saturated rings. The number of nitrogens with zero attached hydrogens (tertiary/aromatic N) is 1. The first-order chi connectivity index (χ1) is 5.35. The molecule has 2 heteroatoms. The van der Waals surface area contributed by atoms with Gasteiger partial charge in [-0.25, -0.2) is 0 Å². The molecule has 2 nitrogen and oxygen atoms in total. The van der Waals surface area contributed by atoms with Crippen molar-refractivity contribution in [3.05, 3.63) is 12.7 Å². The summed E-state index contributed by atoms with van der Waals surface area (Å²) in [7, 11) is 0. The summed E-state index contributed by atoms with van der Waals surface area (Å²) in [6.07, 6.45) is 1.90. The fourth-order valence-electron chi connectivity index (χ4n) is 0.744. The smallest absolute Gasteiger partial charge is 0.0161 e. The molecule has 0 aliphatic rings. The SMILES string of the molecule is C=CCN(CC)CCN.CC. The Balaban J connectivity index is 0. The van der Waals surface area contributed by atoms with E-state index < -0.39 is 0 Å². The minimum absolute atomic E-state index is 0.738. The van der Waals surface area contributed by atoms with Crippen LogP contribution in [0.25, 0.3) is 0 Å². The van der Waals surface area contributed by atoms with E-state index >= 15 is 0 Å². The molecule has 0 spiro atoms. The summed E-state index contributed by atoms with van der Waals surface area (Å²) in [6, 6.07) is 0. The third-order valence-electron chi connectivity index (χ3n) is 1.28. The Labute approximate surface area is 71.1 Å². The van der Waals surface area contributed by atoms with Crippen LogP contribution in [0.4, 0.5) is 0 Å². The highest BCUT2D eigenvalue weighted by Gasteiger charge is 1.94. The Morgan fingerprint density at radius 2 is 2.00 bits per heavy atom. The van der Waals surface area contributed by atoms with Crippen molar-refractivity contribution in [3.8, 4) is 0 Å². The van der Waals surface area contributed by atoms with Crippen LogP contribution in [-0.4, -0.2) is 31.1 Å². The molecule has 2 N–H and O–H groups in total. The largest absolute Gasteiger partial charge is 0.329 e. The van der Waals surface area contributed by atoms with Gasteiger partial charge in [-0.05, 0) is 6.54 Å². The first-order valence-corrected chi connectivity index (χ1v) is 4.38. The second-order valence-corrected chi connectivity index (χ2v) is 1.97. The maximum Gasteiger partial charge on any atom is 0.0161 e. The van der Waals surface area contributed by atoms with Crippen LogP contribution in [0.3, 0.4) is 0 Å². The van der Waals surface area contributed by atoms with E-state index in [9.17, 15) is 0 Å². The number of nitrogens with two attached hydrogens (primary N) is 1. The normalized spacial score (nSPS) is 8.82. The van der Waals surface area contributed by atoms with Crippen molar-refractivity contribution in [1.82, 2.24) is 4.90 Å². The van der Waals surface area contributed by atoms with Gasteiger partial charge in [-0.15, -0.1) is 6.58 Å². The number of hydrogen-bond acceptors (Lipinski definition) is 2. The molecule has 0 aromatic carbocycles. The van der Waals surface area contributed by atoms with Gasteiger partial charge in [-0.3, -0.25) is 4.90 Å². The van der Waals surface area contributed by atoms with E-state index in [0.29, 0.717) is 0 Å². The summed E-state index contributed by atoms with van der Waals surface area (Å²) >= 11 is 0. The summed E-state index contributed by atoms with van der Waals surface area (Å²) in [5.41, 5.74) is 5.36. The Morgan fingerprint density at radius 1 is 1.45 bits per heavy atom. The molecule has 0 rings (SSSR count). The Hall–Kier alpha value is -0.340. The molecule has 0 bridgehead atoms. The molecule has 0 saturated heterocycles. The summed E-state index contributed by atoms with van der Waals surface area (Å²) in [5.74, 6) is 0. The number of likely N-dealkylation sites (N-methyl/N-ethyl adjacent to an activating group) is 1. The lowest BCUT2D eigenvalue weighted by Crippen LogP contribution is -2.29. The lowest BCUT2D eigenvalue weighted by Gasteiger charge is -2.16. The zero-order valence-corrected chi connectivity index (χ0v) is 8.14. The second kappa shape index (κ2) is 12.3. The molecule has 0 aromatic heterocycles. The van der Waals surface area contributed by atoms with E-state index in [4.69, 9.17) is 5.73 Å². The minimum Gasteiger partial charge on any atom is -0.329 e. The summed E-state index contributed by atoms with van der Waals surface area (Å²) < 4.78 is 0. The van der Waals surface area contributed by atoms with Crippen molar-refractivity contribution in [2.24, 2.45) is 5.73 Å². The molecule has 0 heterocycles. The molecule has 0 aromatic rings. The van der Waals surface area contributed by atoms with Crippen LogP contribution < -0.4 is 5.73 Å². The van der Waals surface area contributed by atoms with Crippen molar-refractivity contribution in [3.63, 3.8) is 0 Å². The zero-order chi connectivity index (χ0) is 9.11. The molecule has 0 amide bonds. The quantitative estimate of drug-likeness (QED) is 0.614. The van der Waals surface area contributed by atoms with Gasteiger partial charge in [0.05, 0.1) is 0 Å². The van der Waals surface area contributed by atoms with E-state index in [1.165, 1.54) is 0 Å². The number of hydrogen-bond donors (Lipinski definition) is 1. The van der Waals surface area contributed by atoms with Crippen LogP contribution in [0.15, 0.2) is 12.7 Å². The van der Waals surface area contributed by atoms with Crippen LogP contribution in [-0.2, 0) is 0 Å². The summed E-state index contributed by atoms with van der Waals surface area (Å²) in [6.45, 7) is 13.5. The highest BCUT2D eigenvalue weighted by Crippen LogP contribution is 1.84. The van der Waals surface area contributed by atoms with Gasteiger partial charge in [0.2, 0.25) is 0 Å². The minimum atomic E-state index is 0.738. The van der Waals surface area contributed by atoms with Gasteiger partial charge in [0.25, 0.3) is 0 Å². The zero-order valence-electron chi connectivity index (χ0n) is 8.14. The van der Waals surface area contributed by atoms with Gasteiger partial charge in [0.15, 0.2) is 0 Å². The fourth-order valence-corrected chi connectivity index (χ4v) is 0.744. The molecule has 11 heavy (non-hydrogen) atoms. The molecular formula is C9H22N2. The summed E-state index contributed by atoms with van der Waals surface area (Å²) in [4.78, 5) is 2.24. The van der Waals surface area contributed by atoms with E-state index in [2.05, 4.69) is 18.4 Å². The molecule has 0 radical (unpaired) electrons. The second-order valence-electron chi connectivity index (χ2n) is 1.97. The van der Waals surface area contributed by atoms with E-state index in [1.54, 1.807) is 0 Å². The van der Waals surface area contributed by atoms with Gasteiger partial charge in [0.1, 0.15) is 0 Å². The Kier molecular flexibility index (Phi) is 14.9. The standard InChI is InChI=1S/C7H16N2.C2H6/c1-3-6-9(4-2)7-5-8;1-2/h3H,1,4-8H2,2H3;1-2H3. The maximum absolute atomic E-state index is 5.36. The third-order valence-corrected chi connectivity index (χ3v) is 1.28. The first-order valence-electron chi connectivity index (χ1n) is 4.38. The average Bonchev–Trinajstić information content (AvgIpc) is 2.08. The van der Waals surface area contributed by atoms with Gasteiger partial charge in [0, 0.05) is 19.6 Å². The van der Waals surface area contributed by atoms with Gasteiger partial charge < -0.3 is 5.73 Å². The van der Waals surface area contributed by atoms with Crippen molar-refractivity contribution in [1.29, 1.82) is 0 Å². The third kappa shape index (κ3) is 9.66. The Morgan fingerprint density at radius 3 is 2.27 bits per heavy atom. The first kappa shape index (κ1) is 13.3. The highest BCUT2D eigenvalue weighted by molar-refractivity contribution is 4.72. The van der Waals surface area contributed by atoms with Gasteiger partial charge in [-0.2, -0.15) is 0 Å². The van der Waals surface area contributed by atoms with Crippen LogP contribution in [0.1, 0.15) is 20.8 Å². The Bertz CT molecular complexity index is 72.0. The number of rotatable bonds is 5. The van der Waals surface area contributed by atoms with E-state index in [0.717, 1.165) is 26.2 Å². The van der Waals surface area contributed by atoms with Gasteiger partial charge in [-0.1, -0.05) is 26.8 Å². The maximum atomic E-state index is 5.36. The fraction of sp³-hybridized carbons (Fsp3) is 0.778. The van der Waals surface area contributed by atoms with Crippen molar-refractivity contribution >= 4 is 0 Å². The molecule has 68 valence electrons. The van der Waals surface area contributed by atoms with Crippen molar-refractivity contribution < 1.29 is 0 Å². The molecule has 0 atom stereocenters. The average molecular weight is 158 g/mol. The lowest BCUT2D eigenvalue weighted by molar-refractivity contribution is 0.328. The molecular weight excluding hydrogens is 136 g/mol. The van der Waals surface area contributed by atoms with Crippen molar-refractivity contribution in [2.45, 2.75) is 20.8 Å². The van der Waals surface area contributed by atoms with E-state index in [-0.39, 0.29) is 0 Å². The molecule has 0 aliphatic heterocycles. The molecule has 0 saturated carbocycles. The van der Waals surface area contributed by atoms with Gasteiger partial charge >= 0.3 is 0 Å². The van der Waals surface area contributed by atoms with Crippen molar-refractivity contribution in [2.75, 3.05) is 26.2 Å². The predicted molar refractivity (Wildman–Crippen MR) is 52.7 cm³/mol. The van der Waals surface area contributed by atoms with Crippen LogP contribution in [0, 0.1) is 0 Å². The van der Waals surface area contributed by atoms with Crippen LogP contribution in [0.2, 0.25) is 0 Å². The molecule has 0 aliphatic carbocycles. The molecule has 0 unspecified atom stereocenters. The summed E-state index contributed by atoms with van der Waals surface area (Å²) in [5, 5.41) is 0.